The molecule has 4 heteroatoms. The van der Waals surface area contributed by atoms with Crippen molar-refractivity contribution in [3.63, 3.8) is 0 Å². The summed E-state index contributed by atoms with van der Waals surface area (Å²) >= 11 is 0. The Bertz CT molecular complexity index is 324. The molecule has 1 aliphatic carbocycles. The molecule has 1 saturated heterocycles. The number of aliphatic hydroxyl groups excluding tert-OH is 1. The number of imide groups is 1. The van der Waals surface area contributed by atoms with Crippen LogP contribution in [-0.2, 0) is 9.59 Å². The number of carbonyl (C=O) groups is 2. The van der Waals surface area contributed by atoms with E-state index in [9.17, 15) is 14.7 Å². The van der Waals surface area contributed by atoms with Gasteiger partial charge in [-0.2, -0.15) is 0 Å². The molecule has 3 atom stereocenters. The smallest absolute Gasteiger partial charge is 0.233 e. The van der Waals surface area contributed by atoms with Gasteiger partial charge in [-0.15, -0.1) is 0 Å². The van der Waals surface area contributed by atoms with Gasteiger partial charge in [0.25, 0.3) is 0 Å². The van der Waals surface area contributed by atoms with E-state index in [1.165, 1.54) is 4.90 Å². The van der Waals surface area contributed by atoms with E-state index in [0.29, 0.717) is 0 Å². The fourth-order valence-electron chi connectivity index (χ4n) is 2.58. The summed E-state index contributed by atoms with van der Waals surface area (Å²) in [6, 6.07) is 0. The zero-order chi connectivity index (χ0) is 12.2. The van der Waals surface area contributed by atoms with Crippen LogP contribution in [0, 0.1) is 23.2 Å². The average molecular weight is 225 g/mol. The third kappa shape index (κ3) is 1.39. The summed E-state index contributed by atoms with van der Waals surface area (Å²) in [5, 5.41) is 9.71. The number of amides is 2. The van der Waals surface area contributed by atoms with E-state index in [0.717, 1.165) is 0 Å². The van der Waals surface area contributed by atoms with Gasteiger partial charge >= 0.3 is 0 Å². The Morgan fingerprint density at radius 2 is 1.69 bits per heavy atom. The second-order valence-electron chi connectivity index (χ2n) is 5.88. The first-order chi connectivity index (χ1) is 7.28. The van der Waals surface area contributed by atoms with Gasteiger partial charge in [-0.25, -0.2) is 0 Å². The van der Waals surface area contributed by atoms with Crippen LogP contribution in [0.2, 0.25) is 0 Å². The molecule has 16 heavy (non-hydrogen) atoms. The van der Waals surface area contributed by atoms with Crippen LogP contribution < -0.4 is 0 Å². The van der Waals surface area contributed by atoms with Crippen molar-refractivity contribution in [2.75, 3.05) is 6.54 Å². The van der Waals surface area contributed by atoms with Crippen molar-refractivity contribution in [3.05, 3.63) is 0 Å². The minimum absolute atomic E-state index is 0.0607. The van der Waals surface area contributed by atoms with Gasteiger partial charge in [0.05, 0.1) is 24.5 Å². The number of aliphatic hydroxyl groups is 1. The van der Waals surface area contributed by atoms with Gasteiger partial charge in [0.15, 0.2) is 0 Å². The highest BCUT2D eigenvalue weighted by Gasteiger charge is 2.72. The van der Waals surface area contributed by atoms with Crippen molar-refractivity contribution in [2.45, 2.75) is 33.8 Å². The highest BCUT2D eigenvalue weighted by Crippen LogP contribution is 2.63. The molecule has 2 fully saturated rings. The maximum absolute atomic E-state index is 11.9. The number of β-amino-alcohol motifs (C(OH)–C–C–N with tert-alkyl or cyclic N) is 1. The molecule has 0 radical (unpaired) electrons. The molecule has 2 aliphatic rings. The summed E-state index contributed by atoms with van der Waals surface area (Å²) in [4.78, 5) is 25.1. The Morgan fingerprint density at radius 1 is 1.25 bits per heavy atom. The summed E-state index contributed by atoms with van der Waals surface area (Å²) in [6.45, 7) is 7.81. The normalized spacial score (nSPS) is 33.2. The van der Waals surface area contributed by atoms with Crippen LogP contribution in [0.1, 0.15) is 27.7 Å². The largest absolute Gasteiger partial charge is 0.391 e. The molecule has 0 aromatic heterocycles. The lowest BCUT2D eigenvalue weighted by atomic mass is 10.0. The van der Waals surface area contributed by atoms with Gasteiger partial charge in [0.2, 0.25) is 11.8 Å². The van der Waals surface area contributed by atoms with E-state index in [4.69, 9.17) is 0 Å². The Hall–Kier alpha value is -0.900. The molecule has 2 amide bonds. The number of likely N-dealkylation sites (tertiary alicyclic amines) is 1. The van der Waals surface area contributed by atoms with Crippen molar-refractivity contribution in [1.29, 1.82) is 0 Å². The lowest BCUT2D eigenvalue weighted by Crippen LogP contribution is -2.42. The molecular weight excluding hydrogens is 206 g/mol. The molecule has 2 rings (SSSR count). The van der Waals surface area contributed by atoms with E-state index in [1.54, 1.807) is 0 Å². The summed E-state index contributed by atoms with van der Waals surface area (Å²) in [7, 11) is 0. The fourth-order valence-corrected chi connectivity index (χ4v) is 2.58. The fraction of sp³-hybridized carbons (Fsp3) is 0.833. The van der Waals surface area contributed by atoms with Crippen molar-refractivity contribution in [1.82, 2.24) is 4.90 Å². The Labute approximate surface area is 95.6 Å². The van der Waals surface area contributed by atoms with Gasteiger partial charge in [-0.05, 0) is 11.3 Å². The molecule has 1 aliphatic heterocycles. The van der Waals surface area contributed by atoms with E-state index < -0.39 is 6.10 Å². The molecule has 0 aromatic rings. The molecule has 4 nitrogen and oxygen atoms in total. The van der Waals surface area contributed by atoms with E-state index in [1.807, 2.05) is 27.7 Å². The SMILES string of the molecule is CC(C)C(O)CN1C(=O)C2C(C1=O)C2(C)C. The van der Waals surface area contributed by atoms with Crippen LogP contribution in [0.3, 0.4) is 0 Å². The number of piperidine rings is 1. The summed E-state index contributed by atoms with van der Waals surface area (Å²) in [6.07, 6.45) is -0.617. The molecule has 0 bridgehead atoms. The monoisotopic (exact) mass is 225 g/mol. The predicted octanol–water partition coefficient (Wildman–Crippen LogP) is 0.644. The molecule has 1 heterocycles. The van der Waals surface area contributed by atoms with Crippen molar-refractivity contribution < 1.29 is 14.7 Å². The zero-order valence-electron chi connectivity index (χ0n) is 10.2. The van der Waals surface area contributed by atoms with E-state index >= 15 is 0 Å². The van der Waals surface area contributed by atoms with Gasteiger partial charge in [-0.3, -0.25) is 14.5 Å². The number of hydrogen-bond acceptors (Lipinski definition) is 3. The van der Waals surface area contributed by atoms with Crippen molar-refractivity contribution >= 4 is 11.8 Å². The number of fused-ring (bicyclic) bond motifs is 1. The van der Waals surface area contributed by atoms with Gasteiger partial charge in [0.1, 0.15) is 0 Å². The Morgan fingerprint density at radius 3 is 2.06 bits per heavy atom. The van der Waals surface area contributed by atoms with Gasteiger partial charge in [0, 0.05) is 0 Å². The minimum atomic E-state index is -0.617. The molecule has 3 unspecified atom stereocenters. The molecular formula is C12H19NO3. The number of rotatable bonds is 3. The van der Waals surface area contributed by atoms with Crippen LogP contribution in [0.4, 0.5) is 0 Å². The second kappa shape index (κ2) is 3.29. The molecule has 0 spiro atoms. The lowest BCUT2D eigenvalue weighted by molar-refractivity contribution is -0.145. The highest BCUT2D eigenvalue weighted by molar-refractivity contribution is 6.10. The second-order valence-corrected chi connectivity index (χ2v) is 5.88. The van der Waals surface area contributed by atoms with Gasteiger partial charge < -0.3 is 5.11 Å². The van der Waals surface area contributed by atoms with Crippen LogP contribution in [0.5, 0.6) is 0 Å². The van der Waals surface area contributed by atoms with Crippen LogP contribution in [0.25, 0.3) is 0 Å². The van der Waals surface area contributed by atoms with E-state index in [-0.39, 0.29) is 41.5 Å². The quantitative estimate of drug-likeness (QED) is 0.717. The molecule has 1 N–H and O–H groups in total. The highest BCUT2D eigenvalue weighted by atomic mass is 16.3. The summed E-state index contributed by atoms with van der Waals surface area (Å²) in [5.74, 6) is -0.413. The number of nitrogens with zero attached hydrogens (tertiary/aromatic N) is 1. The average Bonchev–Trinajstić information content (AvgIpc) is 2.64. The summed E-state index contributed by atoms with van der Waals surface area (Å²) in [5.41, 5.74) is -0.159. The Balaban J connectivity index is 2.06. The van der Waals surface area contributed by atoms with Crippen LogP contribution in [-0.4, -0.2) is 34.5 Å². The number of carbonyl (C=O) groups excluding carboxylic acids is 2. The van der Waals surface area contributed by atoms with Crippen LogP contribution in [0.15, 0.2) is 0 Å². The minimum Gasteiger partial charge on any atom is -0.391 e. The van der Waals surface area contributed by atoms with E-state index in [2.05, 4.69) is 0 Å². The maximum Gasteiger partial charge on any atom is 0.233 e. The molecule has 90 valence electrons. The number of hydrogen-bond donors (Lipinski definition) is 1. The molecule has 0 aromatic carbocycles. The first kappa shape index (κ1) is 11.6. The Kier molecular flexibility index (Phi) is 2.38. The third-order valence-electron chi connectivity index (χ3n) is 4.03. The summed E-state index contributed by atoms with van der Waals surface area (Å²) < 4.78 is 0. The van der Waals surface area contributed by atoms with Gasteiger partial charge in [-0.1, -0.05) is 27.7 Å². The maximum atomic E-state index is 11.9. The van der Waals surface area contributed by atoms with Crippen LogP contribution >= 0.6 is 0 Å². The topological polar surface area (TPSA) is 57.6 Å². The predicted molar refractivity (Wildman–Crippen MR) is 58.3 cm³/mol. The third-order valence-corrected chi connectivity index (χ3v) is 4.03. The standard InChI is InChI=1S/C12H19NO3/c1-6(2)7(14)5-13-10(15)8-9(11(13)16)12(8,3)4/h6-9,14H,5H2,1-4H3. The molecule has 1 saturated carbocycles. The lowest BCUT2D eigenvalue weighted by Gasteiger charge is -2.24. The van der Waals surface area contributed by atoms with Crippen molar-refractivity contribution in [3.8, 4) is 0 Å². The van der Waals surface area contributed by atoms with Crippen molar-refractivity contribution in [2.24, 2.45) is 23.2 Å². The first-order valence-electron chi connectivity index (χ1n) is 5.81. The first-order valence-corrected chi connectivity index (χ1v) is 5.81. The zero-order valence-corrected chi connectivity index (χ0v) is 10.2.